The molecule has 0 spiro atoms. The maximum Gasteiger partial charge on any atom is 0.223 e. The van der Waals surface area contributed by atoms with E-state index >= 15 is 0 Å². The second-order valence-corrected chi connectivity index (χ2v) is 6.90. The van der Waals surface area contributed by atoms with Gasteiger partial charge in [0.2, 0.25) is 5.91 Å². The predicted octanol–water partition coefficient (Wildman–Crippen LogP) is 3.21. The highest BCUT2D eigenvalue weighted by atomic mass is 16.2. The smallest absolute Gasteiger partial charge is 0.223 e. The molecular weight excluding hydrogens is 336 g/mol. The van der Waals surface area contributed by atoms with Crippen molar-refractivity contribution in [1.82, 2.24) is 9.88 Å². The molecular formula is C22H30N4O. The van der Waals surface area contributed by atoms with Crippen molar-refractivity contribution in [3.63, 3.8) is 0 Å². The molecule has 1 saturated heterocycles. The first-order valence-electron chi connectivity index (χ1n) is 9.99. The molecule has 0 N–H and O–H groups in total. The van der Waals surface area contributed by atoms with Gasteiger partial charge in [-0.25, -0.2) is 4.98 Å². The third-order valence-electron chi connectivity index (χ3n) is 5.28. The van der Waals surface area contributed by atoms with E-state index in [4.69, 9.17) is 0 Å². The summed E-state index contributed by atoms with van der Waals surface area (Å²) in [5.41, 5.74) is 2.42. The number of piperazine rings is 1. The molecule has 1 aliphatic heterocycles. The first-order valence-corrected chi connectivity index (χ1v) is 9.99. The van der Waals surface area contributed by atoms with E-state index in [1.165, 1.54) is 11.3 Å². The number of para-hydroxylation sites is 1. The van der Waals surface area contributed by atoms with Crippen LogP contribution in [0.5, 0.6) is 0 Å². The number of aromatic nitrogens is 1. The molecule has 3 rings (SSSR count). The molecule has 0 aliphatic carbocycles. The number of carbonyl (C=O) groups excluding carboxylic acids is 1. The fourth-order valence-corrected chi connectivity index (χ4v) is 3.60. The van der Waals surface area contributed by atoms with Crippen LogP contribution in [0, 0.1) is 0 Å². The number of hydrogen-bond donors (Lipinski definition) is 0. The van der Waals surface area contributed by atoms with E-state index in [1.807, 2.05) is 23.2 Å². The Hall–Kier alpha value is -2.56. The molecule has 0 unspecified atom stereocenters. The van der Waals surface area contributed by atoms with Gasteiger partial charge in [-0.1, -0.05) is 18.2 Å². The molecule has 1 amide bonds. The second-order valence-electron chi connectivity index (χ2n) is 6.90. The minimum absolute atomic E-state index is 0.254. The summed E-state index contributed by atoms with van der Waals surface area (Å²) in [5.74, 6) is 1.25. The number of nitrogens with zero attached hydrogens (tertiary/aromatic N) is 4. The van der Waals surface area contributed by atoms with Crippen LogP contribution in [0.4, 0.5) is 11.5 Å². The van der Waals surface area contributed by atoms with Crippen LogP contribution >= 0.6 is 0 Å². The monoisotopic (exact) mass is 366 g/mol. The third kappa shape index (κ3) is 5.00. The highest BCUT2D eigenvalue weighted by molar-refractivity contribution is 5.76. The van der Waals surface area contributed by atoms with Crippen LogP contribution in [0.15, 0.2) is 48.7 Å². The molecule has 1 aromatic heterocycles. The zero-order valence-electron chi connectivity index (χ0n) is 16.5. The van der Waals surface area contributed by atoms with Crippen molar-refractivity contribution in [2.75, 3.05) is 49.1 Å². The Morgan fingerprint density at radius 3 is 2.41 bits per heavy atom. The van der Waals surface area contributed by atoms with E-state index in [0.717, 1.165) is 51.5 Å². The van der Waals surface area contributed by atoms with Crippen molar-refractivity contribution >= 4 is 17.4 Å². The normalized spacial score (nSPS) is 14.3. The van der Waals surface area contributed by atoms with Crippen LogP contribution in [0.2, 0.25) is 0 Å². The average molecular weight is 367 g/mol. The lowest BCUT2D eigenvalue weighted by atomic mass is 10.1. The van der Waals surface area contributed by atoms with Gasteiger partial charge in [-0.2, -0.15) is 0 Å². The molecule has 27 heavy (non-hydrogen) atoms. The van der Waals surface area contributed by atoms with Crippen LogP contribution in [0.1, 0.15) is 25.8 Å². The largest absolute Gasteiger partial charge is 0.368 e. The van der Waals surface area contributed by atoms with E-state index in [1.54, 1.807) is 0 Å². The van der Waals surface area contributed by atoms with Crippen LogP contribution in [0.25, 0.3) is 0 Å². The summed E-state index contributed by atoms with van der Waals surface area (Å²) in [6.07, 6.45) is 3.19. The molecule has 1 aromatic carbocycles. The number of hydrogen-bond acceptors (Lipinski definition) is 4. The van der Waals surface area contributed by atoms with E-state index in [-0.39, 0.29) is 5.91 Å². The van der Waals surface area contributed by atoms with E-state index in [0.29, 0.717) is 6.42 Å². The Bertz CT molecular complexity index is 722. The van der Waals surface area contributed by atoms with Gasteiger partial charge in [-0.05, 0) is 50.1 Å². The lowest BCUT2D eigenvalue weighted by molar-refractivity contribution is -0.131. The molecule has 0 atom stereocenters. The Morgan fingerprint density at radius 1 is 1.04 bits per heavy atom. The van der Waals surface area contributed by atoms with Crippen molar-refractivity contribution in [3.05, 3.63) is 54.2 Å². The number of benzene rings is 1. The van der Waals surface area contributed by atoms with Gasteiger partial charge < -0.3 is 14.7 Å². The minimum Gasteiger partial charge on any atom is -0.368 e. The highest BCUT2D eigenvalue weighted by Crippen LogP contribution is 2.17. The molecule has 1 fully saturated rings. The van der Waals surface area contributed by atoms with Gasteiger partial charge in [-0.3, -0.25) is 4.79 Å². The summed E-state index contributed by atoms with van der Waals surface area (Å²) in [4.78, 5) is 23.7. The summed E-state index contributed by atoms with van der Waals surface area (Å²) in [7, 11) is 0. The van der Waals surface area contributed by atoms with Gasteiger partial charge in [-0.15, -0.1) is 0 Å². The maximum absolute atomic E-state index is 12.6. The second kappa shape index (κ2) is 9.40. The molecule has 2 heterocycles. The average Bonchev–Trinajstić information content (AvgIpc) is 2.74. The lowest BCUT2D eigenvalue weighted by Gasteiger charge is -2.36. The Kier molecular flexibility index (Phi) is 6.69. The number of rotatable bonds is 7. The first-order chi connectivity index (χ1) is 13.2. The molecule has 2 aromatic rings. The first kappa shape index (κ1) is 19.2. The van der Waals surface area contributed by atoms with Gasteiger partial charge in [0.05, 0.1) is 0 Å². The zero-order valence-corrected chi connectivity index (χ0v) is 16.5. The summed E-state index contributed by atoms with van der Waals surface area (Å²) in [5, 5.41) is 0. The number of anilines is 2. The topological polar surface area (TPSA) is 39.7 Å². The summed E-state index contributed by atoms with van der Waals surface area (Å²) in [6.45, 7) is 9.56. The van der Waals surface area contributed by atoms with Gasteiger partial charge in [0, 0.05) is 57.6 Å². The number of aryl methyl sites for hydroxylation is 1. The lowest BCUT2D eigenvalue weighted by Crippen LogP contribution is -2.48. The van der Waals surface area contributed by atoms with Crippen molar-refractivity contribution in [2.45, 2.75) is 26.7 Å². The molecule has 0 saturated carbocycles. The Morgan fingerprint density at radius 2 is 1.74 bits per heavy atom. The summed E-state index contributed by atoms with van der Waals surface area (Å²) >= 11 is 0. The SMILES string of the molecule is CCN(CC)c1cc(CCC(=O)N2CCN(c3ccccc3)CC2)ccn1. The van der Waals surface area contributed by atoms with Gasteiger partial charge >= 0.3 is 0 Å². The predicted molar refractivity (Wildman–Crippen MR) is 111 cm³/mol. The van der Waals surface area contributed by atoms with Crippen molar-refractivity contribution in [2.24, 2.45) is 0 Å². The van der Waals surface area contributed by atoms with Gasteiger partial charge in [0.25, 0.3) is 0 Å². The van der Waals surface area contributed by atoms with E-state index in [9.17, 15) is 4.79 Å². The van der Waals surface area contributed by atoms with Crippen molar-refractivity contribution in [3.8, 4) is 0 Å². The van der Waals surface area contributed by atoms with Gasteiger partial charge in [0.15, 0.2) is 0 Å². The van der Waals surface area contributed by atoms with Gasteiger partial charge in [0.1, 0.15) is 5.82 Å². The molecule has 144 valence electrons. The summed E-state index contributed by atoms with van der Waals surface area (Å²) in [6, 6.07) is 14.6. The quantitative estimate of drug-likeness (QED) is 0.754. The Balaban J connectivity index is 1.50. The van der Waals surface area contributed by atoms with Crippen LogP contribution in [-0.4, -0.2) is 55.1 Å². The van der Waals surface area contributed by atoms with E-state index in [2.05, 4.69) is 59.0 Å². The number of carbonyl (C=O) groups is 1. The van der Waals surface area contributed by atoms with Crippen LogP contribution in [-0.2, 0) is 11.2 Å². The fourth-order valence-electron chi connectivity index (χ4n) is 3.60. The zero-order chi connectivity index (χ0) is 19.1. The van der Waals surface area contributed by atoms with E-state index < -0.39 is 0 Å². The number of pyridine rings is 1. The molecule has 0 radical (unpaired) electrons. The minimum atomic E-state index is 0.254. The molecule has 5 nitrogen and oxygen atoms in total. The van der Waals surface area contributed by atoms with Crippen molar-refractivity contribution < 1.29 is 4.79 Å². The summed E-state index contributed by atoms with van der Waals surface area (Å²) < 4.78 is 0. The van der Waals surface area contributed by atoms with Crippen LogP contribution in [0.3, 0.4) is 0 Å². The standard InChI is InChI=1S/C22H30N4O/c1-3-24(4-2)21-18-19(12-13-23-21)10-11-22(27)26-16-14-25(15-17-26)20-8-6-5-7-9-20/h5-9,12-13,18H,3-4,10-11,14-17H2,1-2H3. The molecule has 1 aliphatic rings. The highest BCUT2D eigenvalue weighted by Gasteiger charge is 2.21. The van der Waals surface area contributed by atoms with Crippen LogP contribution < -0.4 is 9.80 Å². The molecule has 5 heteroatoms. The fraction of sp³-hybridized carbons (Fsp3) is 0.455. The number of amides is 1. The molecule has 0 bridgehead atoms. The third-order valence-corrected chi connectivity index (χ3v) is 5.28. The maximum atomic E-state index is 12.6. The Labute approximate surface area is 162 Å². The van der Waals surface area contributed by atoms with Crippen molar-refractivity contribution in [1.29, 1.82) is 0 Å².